The van der Waals surface area contributed by atoms with Crippen molar-refractivity contribution in [3.8, 4) is 5.75 Å². The summed E-state index contributed by atoms with van der Waals surface area (Å²) in [5.74, 6) is -8.35. The Morgan fingerprint density at radius 2 is 1.67 bits per heavy atom. The molecule has 0 amide bonds. The van der Waals surface area contributed by atoms with Gasteiger partial charge in [0.05, 0.1) is 10.5 Å². The van der Waals surface area contributed by atoms with Crippen LogP contribution < -0.4 is 4.74 Å². The molecule has 0 atom stereocenters. The van der Waals surface area contributed by atoms with E-state index in [0.29, 0.717) is 18.2 Å². The maximum Gasteiger partial charge on any atom is 0.343 e. The van der Waals surface area contributed by atoms with Crippen LogP contribution in [0.15, 0.2) is 30.3 Å². The summed E-state index contributed by atoms with van der Waals surface area (Å²) in [5.41, 5.74) is -2.15. The van der Waals surface area contributed by atoms with E-state index in [2.05, 4.69) is 0 Å². The van der Waals surface area contributed by atoms with Gasteiger partial charge in [-0.2, -0.15) is 0 Å². The number of hydrogen-bond acceptors (Lipinski definition) is 5. The summed E-state index contributed by atoms with van der Waals surface area (Å²) in [7, 11) is 0. The lowest BCUT2D eigenvalue weighted by atomic mass is 10.1. The van der Waals surface area contributed by atoms with Crippen molar-refractivity contribution in [3.05, 3.63) is 69.0 Å². The van der Waals surface area contributed by atoms with Gasteiger partial charge in [-0.05, 0) is 18.2 Å². The lowest BCUT2D eigenvalue weighted by Crippen LogP contribution is -2.11. The summed E-state index contributed by atoms with van der Waals surface area (Å²) in [4.78, 5) is 32.5. The van der Waals surface area contributed by atoms with Crippen LogP contribution in [-0.2, 0) is 0 Å². The van der Waals surface area contributed by atoms with E-state index in [1.165, 1.54) is 0 Å². The average molecular weight is 341 g/mol. The SMILES string of the molecule is O=C(Oc1ccc([N+](=O)[O-])c(C(=O)O)c1)c1cc(F)c(F)c(F)c1. The highest BCUT2D eigenvalue weighted by Gasteiger charge is 2.22. The highest BCUT2D eigenvalue weighted by atomic mass is 19.2. The molecule has 0 saturated heterocycles. The highest BCUT2D eigenvalue weighted by Crippen LogP contribution is 2.25. The number of nitro groups is 1. The zero-order valence-corrected chi connectivity index (χ0v) is 11.5. The van der Waals surface area contributed by atoms with E-state index < -0.39 is 56.9 Å². The Bertz CT molecular complexity index is 845. The fourth-order valence-electron chi connectivity index (χ4n) is 1.75. The maximum absolute atomic E-state index is 13.1. The van der Waals surface area contributed by atoms with Gasteiger partial charge in [0.1, 0.15) is 11.3 Å². The zero-order chi connectivity index (χ0) is 18.0. The van der Waals surface area contributed by atoms with Gasteiger partial charge in [-0.1, -0.05) is 0 Å². The van der Waals surface area contributed by atoms with E-state index in [-0.39, 0.29) is 0 Å². The third-order valence-corrected chi connectivity index (χ3v) is 2.83. The second-order valence-electron chi connectivity index (χ2n) is 4.38. The molecule has 0 radical (unpaired) electrons. The van der Waals surface area contributed by atoms with Gasteiger partial charge in [-0.15, -0.1) is 0 Å². The van der Waals surface area contributed by atoms with Crippen LogP contribution in [0.3, 0.4) is 0 Å². The molecule has 0 saturated carbocycles. The predicted molar refractivity (Wildman–Crippen MR) is 71.3 cm³/mol. The summed E-state index contributed by atoms with van der Waals surface area (Å²) in [6.07, 6.45) is 0. The Morgan fingerprint density at radius 1 is 1.08 bits per heavy atom. The number of halogens is 3. The molecule has 0 heterocycles. The number of nitro benzene ring substituents is 1. The van der Waals surface area contributed by atoms with Crippen LogP contribution in [0.2, 0.25) is 0 Å². The molecular formula is C14H6F3NO6. The summed E-state index contributed by atoms with van der Waals surface area (Å²) in [6, 6.07) is 3.21. The van der Waals surface area contributed by atoms with Crippen LogP contribution in [0.4, 0.5) is 18.9 Å². The first-order valence-electron chi connectivity index (χ1n) is 6.09. The predicted octanol–water partition coefficient (Wildman–Crippen LogP) is 2.93. The molecule has 0 fully saturated rings. The van der Waals surface area contributed by atoms with Gasteiger partial charge < -0.3 is 9.84 Å². The number of carbonyl (C=O) groups is 2. The second kappa shape index (κ2) is 6.36. The van der Waals surface area contributed by atoms with E-state index >= 15 is 0 Å². The maximum atomic E-state index is 13.1. The van der Waals surface area contributed by atoms with E-state index in [4.69, 9.17) is 9.84 Å². The molecule has 124 valence electrons. The van der Waals surface area contributed by atoms with Crippen molar-refractivity contribution in [2.75, 3.05) is 0 Å². The van der Waals surface area contributed by atoms with Gasteiger partial charge in [0.25, 0.3) is 5.69 Å². The van der Waals surface area contributed by atoms with E-state index in [1.54, 1.807) is 0 Å². The number of hydrogen-bond donors (Lipinski definition) is 1. The first-order chi connectivity index (χ1) is 11.2. The van der Waals surface area contributed by atoms with Crippen molar-refractivity contribution in [1.29, 1.82) is 0 Å². The smallest absolute Gasteiger partial charge is 0.343 e. The first kappa shape index (κ1) is 16.9. The molecule has 0 unspecified atom stereocenters. The number of aromatic carboxylic acids is 1. The van der Waals surface area contributed by atoms with Crippen LogP contribution >= 0.6 is 0 Å². The van der Waals surface area contributed by atoms with Gasteiger partial charge in [0.15, 0.2) is 17.5 Å². The number of esters is 1. The van der Waals surface area contributed by atoms with Crippen molar-refractivity contribution in [3.63, 3.8) is 0 Å². The normalized spacial score (nSPS) is 10.3. The van der Waals surface area contributed by atoms with Gasteiger partial charge in [-0.25, -0.2) is 22.8 Å². The van der Waals surface area contributed by atoms with Gasteiger partial charge in [-0.3, -0.25) is 10.1 Å². The minimum atomic E-state index is -1.77. The van der Waals surface area contributed by atoms with E-state index in [1.807, 2.05) is 0 Å². The summed E-state index contributed by atoms with van der Waals surface area (Å²) in [5, 5.41) is 19.6. The monoisotopic (exact) mass is 341 g/mol. The van der Waals surface area contributed by atoms with Crippen molar-refractivity contribution in [2.45, 2.75) is 0 Å². The fraction of sp³-hybridized carbons (Fsp3) is 0. The number of benzene rings is 2. The Hall–Kier alpha value is -3.43. The van der Waals surface area contributed by atoms with Crippen LogP contribution in [0, 0.1) is 27.6 Å². The third-order valence-electron chi connectivity index (χ3n) is 2.83. The minimum Gasteiger partial charge on any atom is -0.477 e. The number of nitrogens with zero attached hydrogens (tertiary/aromatic N) is 1. The van der Waals surface area contributed by atoms with Crippen LogP contribution in [0.25, 0.3) is 0 Å². The third kappa shape index (κ3) is 3.32. The van der Waals surface area contributed by atoms with Gasteiger partial charge in [0.2, 0.25) is 0 Å². The minimum absolute atomic E-state index is 0.393. The largest absolute Gasteiger partial charge is 0.477 e. The van der Waals surface area contributed by atoms with Crippen LogP contribution in [0.5, 0.6) is 5.75 Å². The number of ether oxygens (including phenoxy) is 1. The molecule has 2 aromatic carbocycles. The molecule has 2 rings (SSSR count). The molecule has 0 aliphatic heterocycles. The lowest BCUT2D eigenvalue weighted by Gasteiger charge is -2.06. The van der Waals surface area contributed by atoms with Crippen molar-refractivity contribution in [2.24, 2.45) is 0 Å². The number of carboxylic acids is 1. The molecule has 10 heteroatoms. The van der Waals surface area contributed by atoms with Crippen LogP contribution in [0.1, 0.15) is 20.7 Å². The summed E-state index contributed by atoms with van der Waals surface area (Å²) in [6.45, 7) is 0. The summed E-state index contributed by atoms with van der Waals surface area (Å²) < 4.78 is 43.7. The van der Waals surface area contributed by atoms with E-state index in [0.717, 1.165) is 12.1 Å². The number of carboxylic acid groups (broad SMARTS) is 1. The molecule has 0 aliphatic carbocycles. The fourth-order valence-corrected chi connectivity index (χ4v) is 1.75. The molecule has 2 aromatic rings. The molecule has 0 aliphatic rings. The Kier molecular flexibility index (Phi) is 4.49. The molecule has 0 bridgehead atoms. The molecular weight excluding hydrogens is 335 g/mol. The summed E-state index contributed by atoms with van der Waals surface area (Å²) >= 11 is 0. The van der Waals surface area contributed by atoms with Crippen molar-refractivity contribution < 1.29 is 37.5 Å². The van der Waals surface area contributed by atoms with Crippen molar-refractivity contribution >= 4 is 17.6 Å². The molecule has 1 N–H and O–H groups in total. The van der Waals surface area contributed by atoms with E-state index in [9.17, 15) is 32.9 Å². The topological polar surface area (TPSA) is 107 Å². The molecule has 7 nitrogen and oxygen atoms in total. The average Bonchev–Trinajstić information content (AvgIpc) is 2.51. The molecule has 0 spiro atoms. The quantitative estimate of drug-likeness (QED) is 0.301. The molecule has 0 aromatic heterocycles. The highest BCUT2D eigenvalue weighted by molar-refractivity contribution is 5.94. The number of rotatable bonds is 4. The Labute approximate surface area is 131 Å². The number of carbonyl (C=O) groups excluding carboxylic acids is 1. The Balaban J connectivity index is 2.34. The standard InChI is InChI=1S/C14H6F3NO6/c15-9-3-6(4-10(16)12(9)17)14(21)24-7-1-2-11(18(22)23)8(5-7)13(19)20/h1-5H,(H,19,20). The van der Waals surface area contributed by atoms with Gasteiger partial charge in [0, 0.05) is 12.1 Å². The van der Waals surface area contributed by atoms with Crippen LogP contribution in [-0.4, -0.2) is 22.0 Å². The van der Waals surface area contributed by atoms with Crippen molar-refractivity contribution in [1.82, 2.24) is 0 Å². The zero-order valence-electron chi connectivity index (χ0n) is 11.5. The second-order valence-corrected chi connectivity index (χ2v) is 4.38. The Morgan fingerprint density at radius 3 is 2.17 bits per heavy atom. The van der Waals surface area contributed by atoms with Gasteiger partial charge >= 0.3 is 11.9 Å². The first-order valence-corrected chi connectivity index (χ1v) is 6.09. The molecule has 24 heavy (non-hydrogen) atoms. The lowest BCUT2D eigenvalue weighted by molar-refractivity contribution is -0.385.